The maximum Gasteiger partial charge on any atom is 0.250 e. The molecule has 0 fully saturated rings. The van der Waals surface area contributed by atoms with Crippen LogP contribution < -0.4 is 5.56 Å². The Morgan fingerprint density at radius 2 is 1.67 bits per heavy atom. The largest absolute Gasteiger partial charge is 0.319 e. The Kier molecular flexibility index (Phi) is 3.50. The Morgan fingerprint density at radius 1 is 0.917 bits per heavy atom. The van der Waals surface area contributed by atoms with Gasteiger partial charge in [-0.3, -0.25) is 4.79 Å². The Bertz CT molecular complexity index is 1060. The van der Waals surface area contributed by atoms with Crippen molar-refractivity contribution in [3.05, 3.63) is 88.8 Å². The van der Waals surface area contributed by atoms with Crippen LogP contribution in [0.25, 0.3) is 22.4 Å². The van der Waals surface area contributed by atoms with Crippen molar-refractivity contribution in [3.63, 3.8) is 0 Å². The summed E-state index contributed by atoms with van der Waals surface area (Å²) >= 11 is 0. The molecule has 4 nitrogen and oxygen atoms in total. The minimum atomic E-state index is -0.0236. The first-order valence-electron chi connectivity index (χ1n) is 7.88. The first-order chi connectivity index (χ1) is 11.7. The molecule has 0 N–H and O–H groups in total. The summed E-state index contributed by atoms with van der Waals surface area (Å²) in [6, 6.07) is 21.9. The minimum Gasteiger partial charge on any atom is -0.319 e. The molecule has 4 aromatic rings. The van der Waals surface area contributed by atoms with E-state index in [4.69, 9.17) is 4.98 Å². The number of benzene rings is 2. The quantitative estimate of drug-likeness (QED) is 0.581. The molecule has 4 heteroatoms. The fourth-order valence-electron chi connectivity index (χ4n) is 2.95. The number of hydrogen-bond acceptors (Lipinski definition) is 2. The van der Waals surface area contributed by atoms with E-state index in [0.717, 1.165) is 29.0 Å². The number of pyridine rings is 1. The zero-order valence-corrected chi connectivity index (χ0v) is 13.4. The van der Waals surface area contributed by atoms with Crippen LogP contribution in [0.15, 0.2) is 77.7 Å². The van der Waals surface area contributed by atoms with Crippen molar-refractivity contribution >= 4 is 11.0 Å². The third-order valence-corrected chi connectivity index (χ3v) is 4.18. The van der Waals surface area contributed by atoms with E-state index in [9.17, 15) is 4.79 Å². The maximum absolute atomic E-state index is 11.7. The predicted molar refractivity (Wildman–Crippen MR) is 96.0 cm³/mol. The summed E-state index contributed by atoms with van der Waals surface area (Å²) in [6.45, 7) is 0.736. The molecule has 2 aromatic heterocycles. The fourth-order valence-corrected chi connectivity index (χ4v) is 2.95. The van der Waals surface area contributed by atoms with Crippen LogP contribution in [0.2, 0.25) is 0 Å². The number of aromatic nitrogens is 3. The molecule has 0 aliphatic heterocycles. The Balaban J connectivity index is 1.92. The number of fused-ring (bicyclic) bond motifs is 1. The molecule has 0 unspecified atom stereocenters. The van der Waals surface area contributed by atoms with Gasteiger partial charge in [0.15, 0.2) is 0 Å². The lowest BCUT2D eigenvalue weighted by atomic mass is 10.2. The van der Waals surface area contributed by atoms with Gasteiger partial charge in [-0.15, -0.1) is 0 Å². The van der Waals surface area contributed by atoms with Crippen LogP contribution in [0.4, 0.5) is 0 Å². The van der Waals surface area contributed by atoms with Gasteiger partial charge < -0.3 is 9.13 Å². The molecule has 118 valence electrons. The minimum absolute atomic E-state index is 0.0236. The third kappa shape index (κ3) is 2.52. The van der Waals surface area contributed by atoms with Crippen molar-refractivity contribution in [3.8, 4) is 11.4 Å². The second kappa shape index (κ2) is 5.81. The average molecular weight is 315 g/mol. The van der Waals surface area contributed by atoms with E-state index >= 15 is 0 Å². The van der Waals surface area contributed by atoms with Gasteiger partial charge in [-0.2, -0.15) is 0 Å². The fraction of sp³-hybridized carbons (Fsp3) is 0.100. The average Bonchev–Trinajstić information content (AvgIpc) is 2.97. The summed E-state index contributed by atoms with van der Waals surface area (Å²) in [5.74, 6) is 0.871. The molecule has 0 atom stereocenters. The molecule has 0 amide bonds. The summed E-state index contributed by atoms with van der Waals surface area (Å²) in [5, 5.41) is 0. The van der Waals surface area contributed by atoms with E-state index in [0.29, 0.717) is 0 Å². The van der Waals surface area contributed by atoms with Gasteiger partial charge in [0.1, 0.15) is 5.82 Å². The van der Waals surface area contributed by atoms with Crippen molar-refractivity contribution in [2.75, 3.05) is 0 Å². The van der Waals surface area contributed by atoms with Crippen molar-refractivity contribution in [2.24, 2.45) is 7.05 Å². The highest BCUT2D eigenvalue weighted by Gasteiger charge is 2.13. The first kappa shape index (κ1) is 14.5. The number of para-hydroxylation sites is 2. The number of imidazole rings is 1. The molecular weight excluding hydrogens is 298 g/mol. The topological polar surface area (TPSA) is 39.8 Å². The van der Waals surface area contributed by atoms with Gasteiger partial charge in [0, 0.05) is 31.4 Å². The van der Waals surface area contributed by atoms with Crippen LogP contribution in [0.3, 0.4) is 0 Å². The first-order valence-corrected chi connectivity index (χ1v) is 7.88. The van der Waals surface area contributed by atoms with E-state index in [2.05, 4.69) is 22.8 Å². The van der Waals surface area contributed by atoms with Gasteiger partial charge in [0.05, 0.1) is 11.0 Å². The standard InChI is InChI=1S/C20H17N3O/c1-22-14-16(11-12-19(22)24)20-21-17-9-5-6-10-18(17)23(20)13-15-7-3-2-4-8-15/h2-12,14H,13H2,1H3. The van der Waals surface area contributed by atoms with Crippen molar-refractivity contribution in [2.45, 2.75) is 6.54 Å². The Hall–Kier alpha value is -3.14. The highest BCUT2D eigenvalue weighted by Crippen LogP contribution is 2.25. The van der Waals surface area contributed by atoms with Gasteiger partial charge >= 0.3 is 0 Å². The monoisotopic (exact) mass is 315 g/mol. The Morgan fingerprint density at radius 3 is 2.46 bits per heavy atom. The van der Waals surface area contributed by atoms with Crippen LogP contribution in [0.1, 0.15) is 5.56 Å². The summed E-state index contributed by atoms with van der Waals surface area (Å²) in [7, 11) is 1.76. The number of nitrogens with zero attached hydrogens (tertiary/aromatic N) is 3. The second-order valence-corrected chi connectivity index (χ2v) is 5.86. The van der Waals surface area contributed by atoms with Gasteiger partial charge in [-0.1, -0.05) is 42.5 Å². The molecule has 2 heterocycles. The molecule has 4 rings (SSSR count). The van der Waals surface area contributed by atoms with Crippen LogP contribution in [0.5, 0.6) is 0 Å². The van der Waals surface area contributed by atoms with Crippen LogP contribution in [0, 0.1) is 0 Å². The van der Waals surface area contributed by atoms with Gasteiger partial charge in [-0.05, 0) is 23.8 Å². The molecule has 0 radical (unpaired) electrons. The smallest absolute Gasteiger partial charge is 0.250 e. The van der Waals surface area contributed by atoms with E-state index < -0.39 is 0 Å². The van der Waals surface area contributed by atoms with Gasteiger partial charge in [0.25, 0.3) is 0 Å². The molecule has 0 aliphatic carbocycles. The highest BCUT2D eigenvalue weighted by molar-refractivity contribution is 5.80. The lowest BCUT2D eigenvalue weighted by Gasteiger charge is -2.10. The molecule has 0 aliphatic rings. The van der Waals surface area contributed by atoms with E-state index in [1.54, 1.807) is 17.7 Å². The predicted octanol–water partition coefficient (Wildman–Crippen LogP) is 3.45. The number of hydrogen-bond donors (Lipinski definition) is 0. The molecular formula is C20H17N3O. The van der Waals surface area contributed by atoms with Crippen LogP contribution in [-0.4, -0.2) is 14.1 Å². The van der Waals surface area contributed by atoms with Gasteiger partial charge in [0.2, 0.25) is 5.56 Å². The molecule has 0 bridgehead atoms. The molecule has 2 aromatic carbocycles. The lowest BCUT2D eigenvalue weighted by Crippen LogP contribution is -2.14. The Labute approximate surface area is 139 Å². The SMILES string of the molecule is Cn1cc(-c2nc3ccccc3n2Cc2ccccc2)ccc1=O. The van der Waals surface area contributed by atoms with Crippen LogP contribution >= 0.6 is 0 Å². The number of rotatable bonds is 3. The maximum atomic E-state index is 11.7. The third-order valence-electron chi connectivity index (χ3n) is 4.18. The summed E-state index contributed by atoms with van der Waals surface area (Å²) in [6.07, 6.45) is 1.84. The van der Waals surface area contributed by atoms with E-state index in [-0.39, 0.29) is 5.56 Å². The zero-order valence-electron chi connectivity index (χ0n) is 13.4. The lowest BCUT2D eigenvalue weighted by molar-refractivity contribution is 0.823. The van der Waals surface area contributed by atoms with Crippen LogP contribution in [-0.2, 0) is 13.6 Å². The molecule has 0 saturated heterocycles. The molecule has 0 saturated carbocycles. The molecule has 0 spiro atoms. The highest BCUT2D eigenvalue weighted by atomic mass is 16.1. The summed E-state index contributed by atoms with van der Waals surface area (Å²) in [5.41, 5.74) is 4.17. The molecule has 24 heavy (non-hydrogen) atoms. The van der Waals surface area contributed by atoms with E-state index in [1.165, 1.54) is 5.56 Å². The normalized spacial score (nSPS) is 11.0. The van der Waals surface area contributed by atoms with Gasteiger partial charge in [-0.25, -0.2) is 4.98 Å². The van der Waals surface area contributed by atoms with Crippen molar-refractivity contribution in [1.29, 1.82) is 0 Å². The summed E-state index contributed by atoms with van der Waals surface area (Å²) in [4.78, 5) is 16.5. The number of aryl methyl sites for hydroxylation is 1. The van der Waals surface area contributed by atoms with Crippen molar-refractivity contribution in [1.82, 2.24) is 14.1 Å². The van der Waals surface area contributed by atoms with E-state index in [1.807, 2.05) is 48.7 Å². The summed E-state index contributed by atoms with van der Waals surface area (Å²) < 4.78 is 3.78. The zero-order chi connectivity index (χ0) is 16.5. The van der Waals surface area contributed by atoms with Crippen molar-refractivity contribution < 1.29 is 0 Å². The second-order valence-electron chi connectivity index (χ2n) is 5.86.